The molecule has 90 valence electrons. The predicted octanol–water partition coefficient (Wildman–Crippen LogP) is 3.17. The van der Waals surface area contributed by atoms with Crippen molar-refractivity contribution in [2.45, 2.75) is 6.18 Å². The van der Waals surface area contributed by atoms with Crippen molar-refractivity contribution < 1.29 is 22.0 Å². The second-order valence-corrected chi connectivity index (χ2v) is 3.22. The molecule has 0 N–H and O–H groups in total. The Hall–Kier alpha value is -1.92. The third kappa shape index (κ3) is 2.13. The van der Waals surface area contributed by atoms with Gasteiger partial charge in [-0.2, -0.15) is 18.3 Å². The number of alkyl halides is 3. The van der Waals surface area contributed by atoms with Crippen LogP contribution in [0.4, 0.5) is 22.0 Å². The van der Waals surface area contributed by atoms with Crippen molar-refractivity contribution >= 4 is 0 Å². The lowest BCUT2D eigenvalue weighted by atomic mass is 10.3. The Morgan fingerprint density at radius 1 is 1.06 bits per heavy atom. The van der Waals surface area contributed by atoms with Crippen LogP contribution < -0.4 is 0 Å². The van der Waals surface area contributed by atoms with Crippen LogP contribution in [0.3, 0.4) is 0 Å². The molecule has 0 radical (unpaired) electrons. The van der Waals surface area contributed by atoms with Crippen LogP contribution in [-0.4, -0.2) is 9.78 Å². The van der Waals surface area contributed by atoms with Crippen molar-refractivity contribution in [2.24, 2.45) is 0 Å². The fraction of sp³-hybridized carbons (Fsp3) is 0.100. The quantitative estimate of drug-likeness (QED) is 0.709. The second kappa shape index (κ2) is 3.83. The maximum Gasteiger partial charge on any atom is 0.433 e. The first-order valence-corrected chi connectivity index (χ1v) is 4.46. The Kier molecular flexibility index (Phi) is 2.60. The Morgan fingerprint density at radius 2 is 1.76 bits per heavy atom. The summed E-state index contributed by atoms with van der Waals surface area (Å²) in [4.78, 5) is 0. The first-order chi connectivity index (χ1) is 7.89. The Morgan fingerprint density at radius 3 is 2.35 bits per heavy atom. The van der Waals surface area contributed by atoms with Crippen LogP contribution in [0.2, 0.25) is 0 Å². The van der Waals surface area contributed by atoms with Gasteiger partial charge in [0.25, 0.3) is 0 Å². The van der Waals surface area contributed by atoms with E-state index in [4.69, 9.17) is 0 Å². The molecule has 1 heterocycles. The van der Waals surface area contributed by atoms with Gasteiger partial charge in [0.1, 0.15) is 17.2 Å². The number of hydrogen-bond acceptors (Lipinski definition) is 1. The molecule has 0 amide bonds. The molecule has 1 aromatic heterocycles. The van der Waals surface area contributed by atoms with Gasteiger partial charge in [-0.1, -0.05) is 0 Å². The molecular weight excluding hydrogens is 243 g/mol. The molecule has 1 aromatic carbocycles. The van der Waals surface area contributed by atoms with E-state index < -0.39 is 29.2 Å². The van der Waals surface area contributed by atoms with E-state index in [1.54, 1.807) is 0 Å². The molecule has 17 heavy (non-hydrogen) atoms. The van der Waals surface area contributed by atoms with E-state index >= 15 is 0 Å². The first-order valence-electron chi connectivity index (χ1n) is 4.46. The van der Waals surface area contributed by atoms with Gasteiger partial charge in [0.15, 0.2) is 5.82 Å². The molecule has 0 fully saturated rings. The van der Waals surface area contributed by atoms with Crippen LogP contribution in [0.5, 0.6) is 0 Å². The van der Waals surface area contributed by atoms with Gasteiger partial charge in [-0.05, 0) is 18.2 Å². The van der Waals surface area contributed by atoms with Crippen molar-refractivity contribution in [3.05, 3.63) is 47.8 Å². The summed E-state index contributed by atoms with van der Waals surface area (Å²) in [6.07, 6.45) is -3.76. The number of rotatable bonds is 1. The minimum atomic E-state index is -4.66. The molecule has 0 spiro atoms. The average Bonchev–Trinajstić information content (AvgIpc) is 2.65. The summed E-state index contributed by atoms with van der Waals surface area (Å²) < 4.78 is 63.9. The zero-order valence-electron chi connectivity index (χ0n) is 8.17. The number of benzene rings is 1. The van der Waals surface area contributed by atoms with Gasteiger partial charge in [-0.3, -0.25) is 0 Å². The number of hydrogen-bond donors (Lipinski definition) is 0. The Labute approximate surface area is 92.3 Å². The van der Waals surface area contributed by atoms with Gasteiger partial charge in [0.2, 0.25) is 0 Å². The number of nitrogens with zero attached hydrogens (tertiary/aromatic N) is 2. The van der Waals surface area contributed by atoms with Gasteiger partial charge < -0.3 is 0 Å². The molecule has 0 aliphatic rings. The topological polar surface area (TPSA) is 17.8 Å². The van der Waals surface area contributed by atoms with Crippen molar-refractivity contribution in [2.75, 3.05) is 0 Å². The third-order valence-corrected chi connectivity index (χ3v) is 2.07. The normalized spacial score (nSPS) is 11.8. The minimum Gasteiger partial charge on any atom is -0.226 e. The highest BCUT2D eigenvalue weighted by molar-refractivity contribution is 5.35. The van der Waals surface area contributed by atoms with Gasteiger partial charge in [-0.25, -0.2) is 13.5 Å². The fourth-order valence-corrected chi connectivity index (χ4v) is 1.36. The summed E-state index contributed by atoms with van der Waals surface area (Å²) >= 11 is 0. The third-order valence-electron chi connectivity index (χ3n) is 2.07. The molecule has 2 nitrogen and oxygen atoms in total. The standard InChI is InChI=1S/C10H5F5N2/c11-6-1-2-8(7(12)5-6)17-9(3-4-16-17)10(13,14)15/h1-5H. The average molecular weight is 248 g/mol. The van der Waals surface area contributed by atoms with Crippen LogP contribution >= 0.6 is 0 Å². The lowest BCUT2D eigenvalue weighted by molar-refractivity contribution is -0.142. The molecule has 2 aromatic rings. The summed E-state index contributed by atoms with van der Waals surface area (Å²) in [5.74, 6) is -1.98. The Balaban J connectivity index is 2.58. The van der Waals surface area contributed by atoms with Gasteiger partial charge in [-0.15, -0.1) is 0 Å². The van der Waals surface area contributed by atoms with Crippen molar-refractivity contribution in [3.63, 3.8) is 0 Å². The molecule has 0 bridgehead atoms. The highest BCUT2D eigenvalue weighted by atomic mass is 19.4. The largest absolute Gasteiger partial charge is 0.433 e. The highest BCUT2D eigenvalue weighted by Crippen LogP contribution is 2.31. The summed E-state index contributed by atoms with van der Waals surface area (Å²) in [6, 6.07) is 2.97. The number of halogens is 5. The van der Waals surface area contributed by atoms with Crippen LogP contribution in [0.1, 0.15) is 5.69 Å². The smallest absolute Gasteiger partial charge is 0.226 e. The first kappa shape index (κ1) is 11.6. The van der Waals surface area contributed by atoms with Crippen molar-refractivity contribution in [1.29, 1.82) is 0 Å². The van der Waals surface area contributed by atoms with E-state index in [1.807, 2.05) is 0 Å². The lowest BCUT2D eigenvalue weighted by Crippen LogP contribution is -2.14. The molecule has 0 aliphatic carbocycles. The lowest BCUT2D eigenvalue weighted by Gasteiger charge is -2.10. The van der Waals surface area contributed by atoms with Crippen LogP contribution in [0.25, 0.3) is 5.69 Å². The maximum absolute atomic E-state index is 13.3. The van der Waals surface area contributed by atoms with E-state index in [1.165, 1.54) is 0 Å². The van der Waals surface area contributed by atoms with Crippen molar-refractivity contribution in [1.82, 2.24) is 9.78 Å². The predicted molar refractivity (Wildman–Crippen MR) is 48.5 cm³/mol. The Bertz CT molecular complexity index is 544. The summed E-state index contributed by atoms with van der Waals surface area (Å²) in [5, 5.41) is 3.38. The summed E-state index contributed by atoms with van der Waals surface area (Å²) in [7, 11) is 0. The molecule has 0 saturated carbocycles. The zero-order valence-corrected chi connectivity index (χ0v) is 8.17. The fourth-order valence-electron chi connectivity index (χ4n) is 1.36. The number of aromatic nitrogens is 2. The van der Waals surface area contributed by atoms with Gasteiger partial charge in [0, 0.05) is 6.07 Å². The van der Waals surface area contributed by atoms with Gasteiger partial charge >= 0.3 is 6.18 Å². The van der Waals surface area contributed by atoms with Crippen LogP contribution in [0, 0.1) is 11.6 Å². The monoisotopic (exact) mass is 248 g/mol. The maximum atomic E-state index is 13.3. The van der Waals surface area contributed by atoms with Crippen LogP contribution in [-0.2, 0) is 6.18 Å². The summed E-state index contributed by atoms with van der Waals surface area (Å²) in [6.45, 7) is 0. The van der Waals surface area contributed by atoms with Gasteiger partial charge in [0.05, 0.1) is 6.20 Å². The molecule has 0 atom stereocenters. The minimum absolute atomic E-state index is 0.384. The van der Waals surface area contributed by atoms with E-state index in [0.717, 1.165) is 18.3 Å². The van der Waals surface area contributed by atoms with E-state index in [9.17, 15) is 22.0 Å². The van der Waals surface area contributed by atoms with E-state index in [2.05, 4.69) is 5.10 Å². The zero-order chi connectivity index (χ0) is 12.6. The van der Waals surface area contributed by atoms with Crippen LogP contribution in [0.15, 0.2) is 30.5 Å². The molecule has 2 rings (SSSR count). The van der Waals surface area contributed by atoms with E-state index in [0.29, 0.717) is 16.8 Å². The SMILES string of the molecule is Fc1ccc(-n2nccc2C(F)(F)F)c(F)c1. The molecular formula is C10H5F5N2. The second-order valence-electron chi connectivity index (χ2n) is 3.22. The van der Waals surface area contributed by atoms with E-state index in [-0.39, 0.29) is 0 Å². The molecule has 0 saturated heterocycles. The highest BCUT2D eigenvalue weighted by Gasteiger charge is 2.35. The molecule has 0 unspecified atom stereocenters. The molecule has 7 heteroatoms. The molecule has 0 aliphatic heterocycles. The summed E-state index contributed by atoms with van der Waals surface area (Å²) in [5.41, 5.74) is -1.58. The van der Waals surface area contributed by atoms with Crippen molar-refractivity contribution in [3.8, 4) is 5.69 Å².